The molecule has 1 fully saturated rings. The average Bonchev–Trinajstić information content (AvgIpc) is 2.87. The lowest BCUT2D eigenvalue weighted by atomic mass is 10.3. The maximum atomic E-state index is 11.5. The Kier molecular flexibility index (Phi) is 4.81. The van der Waals surface area contributed by atoms with Gasteiger partial charge in [0.25, 0.3) is 0 Å². The Bertz CT molecular complexity index is 294. The topological polar surface area (TPSA) is 54.1 Å². The number of carbonyl (C=O) groups excluding carboxylic acids is 1. The molecule has 0 bridgehead atoms. The van der Waals surface area contributed by atoms with Crippen molar-refractivity contribution in [1.29, 1.82) is 0 Å². The molecule has 2 N–H and O–H groups in total. The van der Waals surface area contributed by atoms with E-state index in [-0.39, 0.29) is 30.9 Å². The second kappa shape index (κ2) is 5.90. The normalized spacial score (nSPS) is 19.9. The number of carbonyl (C=O) groups is 1. The van der Waals surface area contributed by atoms with Gasteiger partial charge in [0.2, 0.25) is 5.78 Å². The van der Waals surface area contributed by atoms with Gasteiger partial charge in [0.15, 0.2) is 0 Å². The zero-order chi connectivity index (χ0) is 9.80. The smallest absolute Gasteiger partial charge is 0.204 e. The quantitative estimate of drug-likeness (QED) is 0.759. The number of ketones is 1. The number of H-pyrrole nitrogens is 1. The van der Waals surface area contributed by atoms with Gasteiger partial charge in [0, 0.05) is 12.7 Å². The standard InChI is InChI=1S/C10H14N2O2.ClH/c13-10(9-2-1-4-12-9)7-14-8-3-5-11-6-8;/h1-2,4,8,11-12H,3,5-7H2;1H/t8-;/m0./s1. The van der Waals surface area contributed by atoms with E-state index in [0.29, 0.717) is 5.69 Å². The summed E-state index contributed by atoms with van der Waals surface area (Å²) in [5, 5.41) is 3.19. The van der Waals surface area contributed by atoms with Crippen molar-refractivity contribution in [2.24, 2.45) is 0 Å². The summed E-state index contributed by atoms with van der Waals surface area (Å²) in [5.74, 6) is 0.0156. The Morgan fingerprint density at radius 2 is 2.47 bits per heavy atom. The van der Waals surface area contributed by atoms with Gasteiger partial charge in [-0.1, -0.05) is 0 Å². The highest BCUT2D eigenvalue weighted by Gasteiger charge is 2.16. The van der Waals surface area contributed by atoms with E-state index in [9.17, 15) is 4.79 Å². The zero-order valence-corrected chi connectivity index (χ0v) is 9.18. The number of rotatable bonds is 4. The molecule has 1 aromatic rings. The van der Waals surface area contributed by atoms with E-state index in [4.69, 9.17) is 4.74 Å². The second-order valence-corrected chi connectivity index (χ2v) is 3.43. The number of hydrogen-bond acceptors (Lipinski definition) is 3. The summed E-state index contributed by atoms with van der Waals surface area (Å²) in [6.45, 7) is 2.02. The number of Topliss-reactive ketones (excluding diaryl/α,β-unsaturated/α-hetero) is 1. The third kappa shape index (κ3) is 3.34. The highest BCUT2D eigenvalue weighted by atomic mass is 35.5. The van der Waals surface area contributed by atoms with E-state index in [0.717, 1.165) is 19.5 Å². The van der Waals surface area contributed by atoms with Crippen LogP contribution in [0.25, 0.3) is 0 Å². The molecule has 2 rings (SSSR count). The van der Waals surface area contributed by atoms with Gasteiger partial charge in [0.1, 0.15) is 6.61 Å². The molecular weight excluding hydrogens is 216 g/mol. The highest BCUT2D eigenvalue weighted by molar-refractivity contribution is 5.95. The van der Waals surface area contributed by atoms with Crippen molar-refractivity contribution in [2.45, 2.75) is 12.5 Å². The first-order valence-corrected chi connectivity index (χ1v) is 4.85. The monoisotopic (exact) mass is 230 g/mol. The van der Waals surface area contributed by atoms with Crippen LogP contribution in [0.1, 0.15) is 16.9 Å². The van der Waals surface area contributed by atoms with Crippen molar-refractivity contribution < 1.29 is 9.53 Å². The molecule has 1 aliphatic heterocycles. The molecule has 0 radical (unpaired) electrons. The van der Waals surface area contributed by atoms with Gasteiger partial charge in [-0.2, -0.15) is 0 Å². The maximum absolute atomic E-state index is 11.5. The van der Waals surface area contributed by atoms with Crippen LogP contribution in [0.4, 0.5) is 0 Å². The van der Waals surface area contributed by atoms with Crippen molar-refractivity contribution in [2.75, 3.05) is 19.7 Å². The Labute approximate surface area is 94.8 Å². The lowest BCUT2D eigenvalue weighted by Gasteiger charge is -2.08. The minimum atomic E-state index is 0. The molecule has 0 aliphatic carbocycles. The molecule has 5 heteroatoms. The molecule has 0 amide bonds. The lowest BCUT2D eigenvalue weighted by Crippen LogP contribution is -2.21. The first kappa shape index (κ1) is 12.2. The summed E-state index contributed by atoms with van der Waals surface area (Å²) in [4.78, 5) is 14.4. The van der Waals surface area contributed by atoms with Crippen molar-refractivity contribution in [1.82, 2.24) is 10.3 Å². The third-order valence-corrected chi connectivity index (χ3v) is 2.36. The predicted octanol–water partition coefficient (Wildman–Crippen LogP) is 0.998. The number of nitrogens with one attached hydrogen (secondary N) is 2. The summed E-state index contributed by atoms with van der Waals surface area (Å²) < 4.78 is 5.46. The molecule has 1 saturated heterocycles. The number of ether oxygens (including phenoxy) is 1. The fourth-order valence-electron chi connectivity index (χ4n) is 1.55. The lowest BCUT2D eigenvalue weighted by molar-refractivity contribution is 0.0526. The van der Waals surface area contributed by atoms with E-state index in [1.165, 1.54) is 0 Å². The second-order valence-electron chi connectivity index (χ2n) is 3.43. The highest BCUT2D eigenvalue weighted by Crippen LogP contribution is 2.04. The van der Waals surface area contributed by atoms with Gasteiger partial charge in [0.05, 0.1) is 11.8 Å². The Morgan fingerprint density at radius 1 is 1.60 bits per heavy atom. The van der Waals surface area contributed by atoms with Gasteiger partial charge >= 0.3 is 0 Å². The van der Waals surface area contributed by atoms with Crippen molar-refractivity contribution in [3.63, 3.8) is 0 Å². The van der Waals surface area contributed by atoms with Gasteiger partial charge in [-0.15, -0.1) is 12.4 Å². The predicted molar refractivity (Wildman–Crippen MR) is 59.6 cm³/mol. The minimum absolute atomic E-state index is 0. The molecule has 0 saturated carbocycles. The molecule has 1 atom stereocenters. The third-order valence-electron chi connectivity index (χ3n) is 2.36. The summed E-state index contributed by atoms with van der Waals surface area (Å²) in [7, 11) is 0. The van der Waals surface area contributed by atoms with Gasteiger partial charge in [-0.25, -0.2) is 0 Å². The average molecular weight is 231 g/mol. The van der Waals surface area contributed by atoms with E-state index in [1.807, 2.05) is 6.07 Å². The minimum Gasteiger partial charge on any atom is -0.369 e. The molecule has 1 aliphatic rings. The van der Waals surface area contributed by atoms with Gasteiger partial charge in [-0.3, -0.25) is 4.79 Å². The number of hydrogen-bond donors (Lipinski definition) is 2. The number of halogens is 1. The summed E-state index contributed by atoms with van der Waals surface area (Å²) in [6, 6.07) is 3.57. The van der Waals surface area contributed by atoms with E-state index in [2.05, 4.69) is 10.3 Å². The van der Waals surface area contributed by atoms with Gasteiger partial charge in [-0.05, 0) is 25.1 Å². The van der Waals surface area contributed by atoms with E-state index in [1.54, 1.807) is 12.3 Å². The Morgan fingerprint density at radius 3 is 3.07 bits per heavy atom. The van der Waals surface area contributed by atoms with Crippen LogP contribution in [-0.2, 0) is 4.74 Å². The van der Waals surface area contributed by atoms with Crippen LogP contribution in [0.3, 0.4) is 0 Å². The van der Waals surface area contributed by atoms with Crippen LogP contribution in [0.15, 0.2) is 18.3 Å². The van der Waals surface area contributed by atoms with Crippen molar-refractivity contribution >= 4 is 18.2 Å². The first-order chi connectivity index (χ1) is 6.86. The maximum Gasteiger partial charge on any atom is 0.204 e. The SMILES string of the molecule is Cl.O=C(CO[C@H]1CCNC1)c1ccc[nH]1. The van der Waals surface area contributed by atoms with E-state index < -0.39 is 0 Å². The fraction of sp³-hybridized carbons (Fsp3) is 0.500. The number of aromatic amines is 1. The van der Waals surface area contributed by atoms with Crippen LogP contribution in [0.2, 0.25) is 0 Å². The van der Waals surface area contributed by atoms with Crippen LogP contribution >= 0.6 is 12.4 Å². The zero-order valence-electron chi connectivity index (χ0n) is 8.36. The molecule has 4 nitrogen and oxygen atoms in total. The summed E-state index contributed by atoms with van der Waals surface area (Å²) >= 11 is 0. The molecule has 15 heavy (non-hydrogen) atoms. The molecular formula is C10H15ClN2O2. The summed E-state index contributed by atoms with van der Waals surface area (Å²) in [5.41, 5.74) is 0.621. The first-order valence-electron chi connectivity index (χ1n) is 4.85. The Balaban J connectivity index is 0.00000112. The van der Waals surface area contributed by atoms with Crippen molar-refractivity contribution in [3.05, 3.63) is 24.0 Å². The van der Waals surface area contributed by atoms with Crippen LogP contribution < -0.4 is 5.32 Å². The van der Waals surface area contributed by atoms with Crippen LogP contribution in [-0.4, -0.2) is 36.6 Å². The molecule has 0 spiro atoms. The molecule has 2 heterocycles. The fourth-order valence-corrected chi connectivity index (χ4v) is 1.55. The molecule has 1 aromatic heterocycles. The van der Waals surface area contributed by atoms with E-state index >= 15 is 0 Å². The van der Waals surface area contributed by atoms with Gasteiger partial charge < -0.3 is 15.0 Å². The van der Waals surface area contributed by atoms with Crippen LogP contribution in [0, 0.1) is 0 Å². The largest absolute Gasteiger partial charge is 0.369 e. The molecule has 0 unspecified atom stereocenters. The van der Waals surface area contributed by atoms with Crippen molar-refractivity contribution in [3.8, 4) is 0 Å². The Hall–Kier alpha value is -0.840. The molecule has 84 valence electrons. The van der Waals surface area contributed by atoms with Crippen LogP contribution in [0.5, 0.6) is 0 Å². The number of aromatic nitrogens is 1. The molecule has 0 aromatic carbocycles. The summed E-state index contributed by atoms with van der Waals surface area (Å²) in [6.07, 6.45) is 2.94.